The standard InChI is InChI=1S/C14H10BrFN2OS/c15-10-7-5-9(6-8-10)13(19)18-14(20)17-12-4-2-1-3-11(12)16/h1-8H,(H2,17,18,19,20). The zero-order valence-electron chi connectivity index (χ0n) is 10.2. The number of para-hydroxylation sites is 1. The van der Waals surface area contributed by atoms with E-state index in [1.165, 1.54) is 12.1 Å². The fourth-order valence-corrected chi connectivity index (χ4v) is 1.96. The lowest BCUT2D eigenvalue weighted by Gasteiger charge is -2.10. The first-order valence-electron chi connectivity index (χ1n) is 5.68. The second-order valence-electron chi connectivity index (χ2n) is 3.89. The highest BCUT2D eigenvalue weighted by Gasteiger charge is 2.09. The number of rotatable bonds is 2. The van der Waals surface area contributed by atoms with Crippen LogP contribution in [0.5, 0.6) is 0 Å². The van der Waals surface area contributed by atoms with Crippen molar-refractivity contribution in [1.29, 1.82) is 0 Å². The van der Waals surface area contributed by atoms with E-state index in [0.717, 1.165) is 4.47 Å². The van der Waals surface area contributed by atoms with Crippen LogP contribution in [0.25, 0.3) is 0 Å². The molecule has 0 aromatic heterocycles. The first-order valence-corrected chi connectivity index (χ1v) is 6.89. The fourth-order valence-electron chi connectivity index (χ4n) is 1.49. The van der Waals surface area contributed by atoms with Crippen molar-refractivity contribution in [3.8, 4) is 0 Å². The SMILES string of the molecule is O=C(NC(=S)Nc1ccccc1F)c1ccc(Br)cc1. The highest BCUT2D eigenvalue weighted by Crippen LogP contribution is 2.13. The number of carbonyl (C=O) groups excluding carboxylic acids is 1. The van der Waals surface area contributed by atoms with Crippen molar-refractivity contribution in [3.63, 3.8) is 0 Å². The van der Waals surface area contributed by atoms with Crippen LogP contribution in [0.4, 0.5) is 10.1 Å². The third kappa shape index (κ3) is 3.85. The molecular weight excluding hydrogens is 343 g/mol. The summed E-state index contributed by atoms with van der Waals surface area (Å²) in [6.45, 7) is 0. The molecule has 0 radical (unpaired) electrons. The van der Waals surface area contributed by atoms with Crippen LogP contribution >= 0.6 is 28.1 Å². The molecule has 3 nitrogen and oxygen atoms in total. The average Bonchev–Trinajstić information content (AvgIpc) is 2.42. The van der Waals surface area contributed by atoms with E-state index in [0.29, 0.717) is 5.56 Å². The van der Waals surface area contributed by atoms with Gasteiger partial charge in [-0.15, -0.1) is 0 Å². The van der Waals surface area contributed by atoms with Gasteiger partial charge in [-0.2, -0.15) is 0 Å². The summed E-state index contributed by atoms with van der Waals surface area (Å²) in [6.07, 6.45) is 0. The van der Waals surface area contributed by atoms with Gasteiger partial charge in [0.25, 0.3) is 5.91 Å². The number of hydrogen-bond acceptors (Lipinski definition) is 2. The van der Waals surface area contributed by atoms with Crippen LogP contribution in [-0.4, -0.2) is 11.0 Å². The van der Waals surface area contributed by atoms with E-state index in [1.807, 2.05) is 0 Å². The van der Waals surface area contributed by atoms with E-state index in [9.17, 15) is 9.18 Å². The summed E-state index contributed by atoms with van der Waals surface area (Å²) in [5.74, 6) is -0.793. The second kappa shape index (κ2) is 6.58. The van der Waals surface area contributed by atoms with Gasteiger partial charge in [0, 0.05) is 10.0 Å². The van der Waals surface area contributed by atoms with Gasteiger partial charge in [0.05, 0.1) is 5.69 Å². The molecule has 1 amide bonds. The minimum absolute atomic E-state index is 0.0445. The number of nitrogens with one attached hydrogen (secondary N) is 2. The number of amides is 1. The lowest BCUT2D eigenvalue weighted by atomic mass is 10.2. The Morgan fingerprint density at radius 2 is 1.75 bits per heavy atom. The highest BCUT2D eigenvalue weighted by molar-refractivity contribution is 9.10. The maximum atomic E-state index is 13.4. The molecule has 0 bridgehead atoms. The van der Waals surface area contributed by atoms with Gasteiger partial charge in [-0.3, -0.25) is 10.1 Å². The third-order valence-corrected chi connectivity index (χ3v) is 3.19. The summed E-state index contributed by atoms with van der Waals surface area (Å²) < 4.78 is 14.3. The van der Waals surface area contributed by atoms with Crippen LogP contribution in [0.2, 0.25) is 0 Å². The molecule has 0 aliphatic heterocycles. The van der Waals surface area contributed by atoms with Crippen molar-refractivity contribution in [1.82, 2.24) is 5.32 Å². The number of thiocarbonyl (C=S) groups is 1. The number of carbonyl (C=O) groups is 1. The lowest BCUT2D eigenvalue weighted by molar-refractivity contribution is 0.0977. The summed E-state index contributed by atoms with van der Waals surface area (Å²) in [7, 11) is 0. The summed E-state index contributed by atoms with van der Waals surface area (Å²) in [4.78, 5) is 11.9. The highest BCUT2D eigenvalue weighted by atomic mass is 79.9. The van der Waals surface area contributed by atoms with Gasteiger partial charge in [-0.05, 0) is 48.6 Å². The van der Waals surface area contributed by atoms with Crippen LogP contribution in [0.3, 0.4) is 0 Å². The smallest absolute Gasteiger partial charge is 0.257 e. The first kappa shape index (κ1) is 14.6. The van der Waals surface area contributed by atoms with Crippen molar-refractivity contribution in [3.05, 3.63) is 64.4 Å². The van der Waals surface area contributed by atoms with Crippen LogP contribution in [0.1, 0.15) is 10.4 Å². The molecule has 20 heavy (non-hydrogen) atoms. The normalized spacial score (nSPS) is 9.90. The van der Waals surface area contributed by atoms with Gasteiger partial charge >= 0.3 is 0 Å². The molecule has 0 saturated heterocycles. The number of benzene rings is 2. The molecule has 2 N–H and O–H groups in total. The second-order valence-corrected chi connectivity index (χ2v) is 5.22. The van der Waals surface area contributed by atoms with E-state index in [2.05, 4.69) is 26.6 Å². The van der Waals surface area contributed by atoms with E-state index < -0.39 is 5.82 Å². The third-order valence-electron chi connectivity index (χ3n) is 2.46. The van der Waals surface area contributed by atoms with Gasteiger partial charge in [0.15, 0.2) is 5.11 Å². The number of hydrogen-bond donors (Lipinski definition) is 2. The van der Waals surface area contributed by atoms with E-state index in [1.54, 1.807) is 36.4 Å². The summed E-state index contributed by atoms with van der Waals surface area (Å²) in [5, 5.41) is 5.17. The van der Waals surface area contributed by atoms with Crippen LogP contribution < -0.4 is 10.6 Å². The summed E-state index contributed by atoms with van der Waals surface area (Å²) in [6, 6.07) is 12.9. The summed E-state index contributed by atoms with van der Waals surface area (Å²) >= 11 is 8.26. The van der Waals surface area contributed by atoms with Gasteiger partial charge < -0.3 is 5.32 Å². The molecule has 0 fully saturated rings. The quantitative estimate of drug-likeness (QED) is 0.809. The Hall–Kier alpha value is -1.79. The molecule has 0 spiro atoms. The molecule has 2 rings (SSSR count). The van der Waals surface area contributed by atoms with Crippen LogP contribution in [-0.2, 0) is 0 Å². The molecule has 102 valence electrons. The minimum Gasteiger partial charge on any atom is -0.330 e. The Labute approximate surface area is 129 Å². The molecule has 0 aliphatic rings. The van der Waals surface area contributed by atoms with Crippen molar-refractivity contribution >= 4 is 44.9 Å². The molecular formula is C14H10BrFN2OS. The van der Waals surface area contributed by atoms with Crippen LogP contribution in [0, 0.1) is 5.82 Å². The van der Waals surface area contributed by atoms with E-state index in [-0.39, 0.29) is 16.7 Å². The van der Waals surface area contributed by atoms with Gasteiger partial charge in [0.1, 0.15) is 5.82 Å². The Bertz CT molecular complexity index is 646. The maximum absolute atomic E-state index is 13.4. The van der Waals surface area contributed by atoms with Gasteiger partial charge in [0.2, 0.25) is 0 Å². The van der Waals surface area contributed by atoms with Crippen molar-refractivity contribution in [2.24, 2.45) is 0 Å². The molecule has 0 aliphatic carbocycles. The number of halogens is 2. The van der Waals surface area contributed by atoms with Crippen LogP contribution in [0.15, 0.2) is 53.0 Å². The van der Waals surface area contributed by atoms with Gasteiger partial charge in [-0.1, -0.05) is 28.1 Å². The predicted octanol–water partition coefficient (Wildman–Crippen LogP) is 3.72. The minimum atomic E-state index is -0.437. The summed E-state index contributed by atoms with van der Waals surface area (Å²) in [5.41, 5.74) is 0.680. The molecule has 6 heteroatoms. The van der Waals surface area contributed by atoms with Crippen molar-refractivity contribution < 1.29 is 9.18 Å². The average molecular weight is 353 g/mol. The molecule has 2 aromatic rings. The molecule has 2 aromatic carbocycles. The van der Waals surface area contributed by atoms with Crippen molar-refractivity contribution in [2.45, 2.75) is 0 Å². The van der Waals surface area contributed by atoms with E-state index >= 15 is 0 Å². The Morgan fingerprint density at radius 1 is 1.10 bits per heavy atom. The molecule has 0 heterocycles. The number of anilines is 1. The monoisotopic (exact) mass is 352 g/mol. The molecule has 0 unspecified atom stereocenters. The fraction of sp³-hybridized carbons (Fsp3) is 0. The lowest BCUT2D eigenvalue weighted by Crippen LogP contribution is -2.34. The topological polar surface area (TPSA) is 41.1 Å². The Morgan fingerprint density at radius 3 is 2.40 bits per heavy atom. The van der Waals surface area contributed by atoms with Crippen molar-refractivity contribution in [2.75, 3.05) is 5.32 Å². The van der Waals surface area contributed by atoms with E-state index in [4.69, 9.17) is 12.2 Å². The molecule has 0 saturated carbocycles. The largest absolute Gasteiger partial charge is 0.330 e. The maximum Gasteiger partial charge on any atom is 0.257 e. The molecule has 0 atom stereocenters. The Balaban J connectivity index is 2.00. The Kier molecular flexibility index (Phi) is 4.81. The zero-order valence-corrected chi connectivity index (χ0v) is 12.6. The zero-order chi connectivity index (χ0) is 14.5. The van der Waals surface area contributed by atoms with Gasteiger partial charge in [-0.25, -0.2) is 4.39 Å². The first-order chi connectivity index (χ1) is 9.56. The predicted molar refractivity (Wildman–Crippen MR) is 84.2 cm³/mol.